The molecule has 1 aliphatic heterocycles. The van der Waals surface area contributed by atoms with Gasteiger partial charge in [-0.05, 0) is 47.2 Å². The van der Waals surface area contributed by atoms with E-state index in [0.29, 0.717) is 12.0 Å². The molecular weight excluding hydrogens is 254 g/mol. The molecule has 2 aromatic carbocycles. The largest absolute Gasteiger partial charge is 0.378 e. The van der Waals surface area contributed by atoms with E-state index in [1.165, 1.54) is 22.4 Å². The van der Waals surface area contributed by atoms with Gasteiger partial charge in [-0.25, -0.2) is 0 Å². The van der Waals surface area contributed by atoms with Crippen molar-refractivity contribution in [3.05, 3.63) is 64.2 Å². The van der Waals surface area contributed by atoms with Gasteiger partial charge in [-0.1, -0.05) is 49.7 Å². The molecule has 0 aromatic heterocycles. The minimum atomic E-state index is 0.370. The van der Waals surface area contributed by atoms with Crippen LogP contribution in [0.4, 0.5) is 5.69 Å². The van der Waals surface area contributed by atoms with Crippen molar-refractivity contribution in [2.24, 2.45) is 0 Å². The van der Waals surface area contributed by atoms with Crippen molar-refractivity contribution in [1.29, 1.82) is 0 Å². The number of hydrogen-bond donors (Lipinski definition) is 1. The van der Waals surface area contributed by atoms with Gasteiger partial charge < -0.3 is 5.32 Å². The summed E-state index contributed by atoms with van der Waals surface area (Å²) in [6.07, 6.45) is 1.05. The molecule has 3 rings (SSSR count). The maximum atomic E-state index is 5.94. The number of rotatable bonds is 2. The number of hydrogen-bond acceptors (Lipinski definition) is 1. The van der Waals surface area contributed by atoms with Crippen LogP contribution >= 0.6 is 11.6 Å². The Morgan fingerprint density at radius 3 is 2.53 bits per heavy atom. The maximum Gasteiger partial charge on any atom is 0.0555 e. The fraction of sp³-hybridized carbons (Fsp3) is 0.294. The zero-order chi connectivity index (χ0) is 13.4. The molecule has 98 valence electrons. The van der Waals surface area contributed by atoms with Gasteiger partial charge in [0.25, 0.3) is 0 Å². The molecule has 1 N–H and O–H groups in total. The Morgan fingerprint density at radius 1 is 1.11 bits per heavy atom. The molecule has 0 saturated carbocycles. The first-order valence-corrected chi connectivity index (χ1v) is 7.16. The van der Waals surface area contributed by atoms with Crippen molar-refractivity contribution in [2.75, 3.05) is 5.32 Å². The molecule has 1 nitrogen and oxygen atoms in total. The minimum Gasteiger partial charge on any atom is -0.378 e. The second-order valence-corrected chi connectivity index (χ2v) is 5.96. The second-order valence-electron chi connectivity index (χ2n) is 5.52. The highest BCUT2D eigenvalue weighted by Gasteiger charge is 2.22. The third-order valence-corrected chi connectivity index (χ3v) is 4.07. The number of nitrogens with one attached hydrogen (secondary N) is 1. The lowest BCUT2D eigenvalue weighted by Gasteiger charge is -2.11. The molecule has 0 spiro atoms. The van der Waals surface area contributed by atoms with Gasteiger partial charge in [0.1, 0.15) is 0 Å². The third kappa shape index (κ3) is 2.48. The number of anilines is 1. The fourth-order valence-corrected chi connectivity index (χ4v) is 2.76. The highest BCUT2D eigenvalue weighted by Crippen LogP contribution is 2.36. The molecule has 2 heteroatoms. The van der Waals surface area contributed by atoms with E-state index in [9.17, 15) is 0 Å². The summed E-state index contributed by atoms with van der Waals surface area (Å²) in [6, 6.07) is 15.3. The maximum absolute atomic E-state index is 5.94. The average molecular weight is 272 g/mol. The molecule has 0 saturated heterocycles. The summed E-state index contributed by atoms with van der Waals surface area (Å²) in [6.45, 7) is 4.47. The smallest absolute Gasteiger partial charge is 0.0555 e. The molecule has 1 heterocycles. The summed E-state index contributed by atoms with van der Waals surface area (Å²) in [5.41, 5.74) is 5.40. The van der Waals surface area contributed by atoms with Crippen molar-refractivity contribution in [3.63, 3.8) is 0 Å². The minimum absolute atomic E-state index is 0.370. The monoisotopic (exact) mass is 271 g/mol. The lowest BCUT2D eigenvalue weighted by Crippen LogP contribution is -2.04. The molecule has 0 aliphatic carbocycles. The van der Waals surface area contributed by atoms with E-state index in [0.717, 1.165) is 11.4 Å². The van der Waals surface area contributed by atoms with E-state index in [-0.39, 0.29) is 0 Å². The molecule has 1 aliphatic rings. The molecule has 2 aromatic rings. The van der Waals surface area contributed by atoms with Crippen LogP contribution in [0.3, 0.4) is 0 Å². The Kier molecular flexibility index (Phi) is 3.24. The van der Waals surface area contributed by atoms with Gasteiger partial charge in [0.15, 0.2) is 0 Å². The Bertz CT molecular complexity index is 587. The predicted octanol–water partition coefficient (Wildman–Crippen LogP) is 5.17. The highest BCUT2D eigenvalue weighted by molar-refractivity contribution is 6.30. The molecule has 1 atom stereocenters. The Hall–Kier alpha value is -1.47. The normalized spacial score (nSPS) is 17.4. The van der Waals surface area contributed by atoms with Gasteiger partial charge in [0, 0.05) is 10.7 Å². The van der Waals surface area contributed by atoms with E-state index in [1.54, 1.807) is 0 Å². The molecule has 1 unspecified atom stereocenters. The van der Waals surface area contributed by atoms with Crippen LogP contribution in [0.5, 0.6) is 0 Å². The van der Waals surface area contributed by atoms with E-state index in [4.69, 9.17) is 11.6 Å². The summed E-state index contributed by atoms with van der Waals surface area (Å²) in [4.78, 5) is 0. The van der Waals surface area contributed by atoms with Crippen LogP contribution < -0.4 is 5.32 Å². The summed E-state index contributed by atoms with van der Waals surface area (Å²) < 4.78 is 0. The van der Waals surface area contributed by atoms with Crippen LogP contribution in [-0.4, -0.2) is 0 Å². The van der Waals surface area contributed by atoms with Gasteiger partial charge in [-0.15, -0.1) is 0 Å². The molecule has 19 heavy (non-hydrogen) atoms. The zero-order valence-electron chi connectivity index (χ0n) is 11.3. The van der Waals surface area contributed by atoms with Crippen LogP contribution in [0, 0.1) is 0 Å². The number of fused-ring (bicyclic) bond motifs is 1. The van der Waals surface area contributed by atoms with Crippen molar-refractivity contribution in [3.8, 4) is 0 Å². The predicted molar refractivity (Wildman–Crippen MR) is 82.1 cm³/mol. The molecule has 0 amide bonds. The summed E-state index contributed by atoms with van der Waals surface area (Å²) >= 11 is 5.94. The zero-order valence-corrected chi connectivity index (χ0v) is 12.0. The summed E-state index contributed by atoms with van der Waals surface area (Å²) in [5.74, 6) is 0.583. The van der Waals surface area contributed by atoms with E-state index in [2.05, 4.69) is 49.5 Å². The van der Waals surface area contributed by atoms with Gasteiger partial charge in [0.2, 0.25) is 0 Å². The summed E-state index contributed by atoms with van der Waals surface area (Å²) in [5, 5.41) is 4.39. The van der Waals surface area contributed by atoms with Crippen LogP contribution in [0.1, 0.15) is 42.5 Å². The first-order valence-electron chi connectivity index (χ1n) is 6.78. The van der Waals surface area contributed by atoms with Gasteiger partial charge in [0.05, 0.1) is 6.04 Å². The van der Waals surface area contributed by atoms with E-state index in [1.807, 2.05) is 12.1 Å². The Morgan fingerprint density at radius 2 is 1.84 bits per heavy atom. The van der Waals surface area contributed by atoms with Gasteiger partial charge in [-0.2, -0.15) is 0 Å². The van der Waals surface area contributed by atoms with Crippen molar-refractivity contribution in [2.45, 2.75) is 32.2 Å². The fourth-order valence-electron chi connectivity index (χ4n) is 2.64. The van der Waals surface area contributed by atoms with Crippen LogP contribution in [0.15, 0.2) is 42.5 Å². The summed E-state index contributed by atoms with van der Waals surface area (Å²) in [7, 11) is 0. The average Bonchev–Trinajstić information content (AvgIpc) is 2.82. The van der Waals surface area contributed by atoms with Crippen molar-refractivity contribution < 1.29 is 0 Å². The van der Waals surface area contributed by atoms with Crippen LogP contribution in [0.2, 0.25) is 5.02 Å². The lowest BCUT2D eigenvalue weighted by atomic mass is 9.98. The molecule has 0 bridgehead atoms. The lowest BCUT2D eigenvalue weighted by molar-refractivity contribution is 0.819. The van der Waals surface area contributed by atoms with E-state index >= 15 is 0 Å². The Labute approximate surface area is 119 Å². The standard InChI is InChI=1S/C17H18ClN/c1-11(2)13-5-8-16-14(9-13)10-17(19-16)12-3-6-15(18)7-4-12/h3-9,11,17,19H,10H2,1-2H3. The Balaban J connectivity index is 1.85. The molecule has 0 radical (unpaired) electrons. The topological polar surface area (TPSA) is 12.0 Å². The second kappa shape index (κ2) is 4.90. The molecular formula is C17H18ClN. The van der Waals surface area contributed by atoms with Gasteiger partial charge >= 0.3 is 0 Å². The van der Waals surface area contributed by atoms with Crippen molar-refractivity contribution >= 4 is 17.3 Å². The van der Waals surface area contributed by atoms with E-state index < -0.39 is 0 Å². The van der Waals surface area contributed by atoms with Crippen molar-refractivity contribution in [1.82, 2.24) is 0 Å². The SMILES string of the molecule is CC(C)c1ccc2c(c1)CC(c1ccc(Cl)cc1)N2. The number of halogens is 1. The van der Waals surface area contributed by atoms with Crippen LogP contribution in [-0.2, 0) is 6.42 Å². The highest BCUT2D eigenvalue weighted by atomic mass is 35.5. The first kappa shape index (κ1) is 12.6. The number of benzene rings is 2. The van der Waals surface area contributed by atoms with Gasteiger partial charge in [-0.3, -0.25) is 0 Å². The first-order chi connectivity index (χ1) is 9.13. The van der Waals surface area contributed by atoms with Crippen LogP contribution in [0.25, 0.3) is 0 Å². The quantitative estimate of drug-likeness (QED) is 0.794. The molecule has 0 fully saturated rings. The third-order valence-electron chi connectivity index (χ3n) is 3.82.